The Kier molecular flexibility index (Phi) is 9.55. The summed E-state index contributed by atoms with van der Waals surface area (Å²) >= 11 is 8.10. The fourth-order valence-corrected chi connectivity index (χ4v) is 6.14. The molecule has 3 aromatic rings. The van der Waals surface area contributed by atoms with Gasteiger partial charge in [0.05, 0.1) is 9.95 Å². The number of aryl methyl sites for hydroxylation is 1. The van der Waals surface area contributed by atoms with Crippen LogP contribution in [0.4, 0.5) is 5.69 Å². The Morgan fingerprint density at radius 2 is 1.91 bits per heavy atom. The summed E-state index contributed by atoms with van der Waals surface area (Å²) in [6, 6.07) is 15.7. The summed E-state index contributed by atoms with van der Waals surface area (Å²) in [6.45, 7) is 1.58. The van der Waals surface area contributed by atoms with Crippen LogP contribution in [0.2, 0.25) is 5.02 Å². The number of rotatable bonds is 11. The SMILES string of the molecule is Cc1c(Cl)cc([N+](=O)[O-])cc1SC(=O)CS(=O)(=O)Oc1cc(SCCCc2ccccc2)ccn1. The second kappa shape index (κ2) is 12.4. The molecule has 0 atom stereocenters. The molecule has 0 saturated carbocycles. The predicted octanol–water partition coefficient (Wildman–Crippen LogP) is 5.70. The molecule has 12 heteroatoms. The van der Waals surface area contributed by atoms with Gasteiger partial charge in [-0.2, -0.15) is 8.42 Å². The number of aromatic nitrogens is 1. The number of pyridine rings is 1. The summed E-state index contributed by atoms with van der Waals surface area (Å²) in [6.07, 6.45) is 3.32. The van der Waals surface area contributed by atoms with E-state index in [1.807, 2.05) is 18.2 Å². The van der Waals surface area contributed by atoms with Crippen LogP contribution in [0.5, 0.6) is 5.88 Å². The number of carbonyl (C=O) groups is 1. The van der Waals surface area contributed by atoms with Crippen molar-refractivity contribution < 1.29 is 22.3 Å². The second-order valence-corrected chi connectivity index (χ2v) is 11.6. The summed E-state index contributed by atoms with van der Waals surface area (Å²) in [4.78, 5) is 27.7. The zero-order chi connectivity index (χ0) is 25.4. The van der Waals surface area contributed by atoms with Gasteiger partial charge in [-0.1, -0.05) is 53.7 Å². The van der Waals surface area contributed by atoms with Crippen LogP contribution >= 0.6 is 35.1 Å². The van der Waals surface area contributed by atoms with Crippen molar-refractivity contribution in [2.24, 2.45) is 0 Å². The van der Waals surface area contributed by atoms with E-state index in [-0.39, 0.29) is 21.5 Å². The minimum absolute atomic E-state index is 0.107. The van der Waals surface area contributed by atoms with Crippen LogP contribution in [0, 0.1) is 17.0 Å². The number of thioether (sulfide) groups is 2. The molecule has 0 amide bonds. The van der Waals surface area contributed by atoms with E-state index >= 15 is 0 Å². The molecule has 0 aliphatic carbocycles. The van der Waals surface area contributed by atoms with Gasteiger partial charge in [0.1, 0.15) is 0 Å². The highest BCUT2D eigenvalue weighted by molar-refractivity contribution is 8.15. The highest BCUT2D eigenvalue weighted by atomic mass is 35.5. The topological polar surface area (TPSA) is 116 Å². The molecule has 35 heavy (non-hydrogen) atoms. The molecule has 0 saturated heterocycles. The molecule has 1 heterocycles. The highest BCUT2D eigenvalue weighted by Crippen LogP contribution is 2.33. The van der Waals surface area contributed by atoms with Gasteiger partial charge in [0.15, 0.2) is 5.75 Å². The molecule has 0 aliphatic rings. The summed E-state index contributed by atoms with van der Waals surface area (Å²) in [5.74, 6) is -0.246. The number of nitrogens with zero attached hydrogens (tertiary/aromatic N) is 2. The van der Waals surface area contributed by atoms with E-state index in [0.29, 0.717) is 17.3 Å². The molecule has 8 nitrogen and oxygen atoms in total. The summed E-state index contributed by atoms with van der Waals surface area (Å²) < 4.78 is 29.9. The minimum Gasteiger partial charge on any atom is -0.361 e. The van der Waals surface area contributed by atoms with Crippen LogP contribution in [0.1, 0.15) is 17.5 Å². The molecule has 0 spiro atoms. The predicted molar refractivity (Wildman–Crippen MR) is 138 cm³/mol. The van der Waals surface area contributed by atoms with Gasteiger partial charge in [-0.3, -0.25) is 14.9 Å². The van der Waals surface area contributed by atoms with Gasteiger partial charge >= 0.3 is 10.1 Å². The van der Waals surface area contributed by atoms with Crippen molar-refractivity contribution in [2.75, 3.05) is 11.5 Å². The Hall–Kier alpha value is -2.60. The first-order chi connectivity index (χ1) is 16.6. The molecule has 0 radical (unpaired) electrons. The van der Waals surface area contributed by atoms with Crippen molar-refractivity contribution in [3.63, 3.8) is 0 Å². The molecule has 184 valence electrons. The third kappa shape index (κ3) is 8.53. The standard InChI is InChI=1S/C23H21ClN2O6S3/c1-16-20(24)12-18(26(28)29)13-21(16)34-23(27)15-35(30,31)32-22-14-19(9-10-25-22)33-11-5-8-17-6-3-2-4-7-17/h2-4,6-7,9-10,12-14H,5,8,11,15H2,1H3. The third-order valence-electron chi connectivity index (χ3n) is 4.65. The van der Waals surface area contributed by atoms with Gasteiger partial charge in [0.2, 0.25) is 11.0 Å². The van der Waals surface area contributed by atoms with Crippen LogP contribution in [-0.2, 0) is 21.3 Å². The minimum atomic E-state index is -4.29. The number of nitro groups is 1. The summed E-state index contributed by atoms with van der Waals surface area (Å²) in [5, 5.41) is 10.4. The maximum atomic E-state index is 12.4. The average molecular weight is 553 g/mol. The number of carbonyl (C=O) groups excluding carboxylic acids is 1. The lowest BCUT2D eigenvalue weighted by atomic mass is 10.1. The molecule has 0 bridgehead atoms. The lowest BCUT2D eigenvalue weighted by molar-refractivity contribution is -0.385. The second-order valence-electron chi connectivity index (χ2n) is 7.33. The van der Waals surface area contributed by atoms with E-state index in [1.54, 1.807) is 24.8 Å². The van der Waals surface area contributed by atoms with Gasteiger partial charge in [0, 0.05) is 34.2 Å². The summed E-state index contributed by atoms with van der Waals surface area (Å²) in [7, 11) is -4.29. The zero-order valence-electron chi connectivity index (χ0n) is 18.5. The Bertz CT molecular complexity index is 1320. The monoisotopic (exact) mass is 552 g/mol. The van der Waals surface area contributed by atoms with Crippen LogP contribution in [-0.4, -0.2) is 34.9 Å². The molecule has 2 aromatic carbocycles. The van der Waals surface area contributed by atoms with Gasteiger partial charge in [0.25, 0.3) is 5.69 Å². The quantitative estimate of drug-likeness (QED) is 0.0969. The molecular weight excluding hydrogens is 532 g/mol. The fourth-order valence-electron chi connectivity index (χ4n) is 2.95. The van der Waals surface area contributed by atoms with E-state index in [1.165, 1.54) is 30.0 Å². The third-order valence-corrected chi connectivity index (χ3v) is 8.36. The summed E-state index contributed by atoms with van der Waals surface area (Å²) in [5.41, 5.74) is 1.40. The Labute approximate surface area is 216 Å². The first-order valence-electron chi connectivity index (χ1n) is 10.3. The first-order valence-corrected chi connectivity index (χ1v) is 14.1. The molecule has 3 rings (SSSR count). The van der Waals surface area contributed by atoms with Crippen molar-refractivity contribution in [2.45, 2.75) is 29.6 Å². The Morgan fingerprint density at radius 1 is 1.17 bits per heavy atom. The highest BCUT2D eigenvalue weighted by Gasteiger charge is 2.23. The van der Waals surface area contributed by atoms with Crippen LogP contribution in [0.15, 0.2) is 70.6 Å². The van der Waals surface area contributed by atoms with E-state index in [9.17, 15) is 23.3 Å². The average Bonchev–Trinajstić information content (AvgIpc) is 2.79. The van der Waals surface area contributed by atoms with Crippen LogP contribution in [0.3, 0.4) is 0 Å². The van der Waals surface area contributed by atoms with Crippen molar-refractivity contribution in [1.82, 2.24) is 4.98 Å². The molecule has 1 aromatic heterocycles. The Balaban J connectivity index is 1.56. The molecule has 0 fully saturated rings. The van der Waals surface area contributed by atoms with Crippen molar-refractivity contribution in [3.05, 3.63) is 87.1 Å². The normalized spacial score (nSPS) is 11.3. The van der Waals surface area contributed by atoms with Gasteiger partial charge in [-0.15, -0.1) is 11.8 Å². The number of benzene rings is 2. The molecular formula is C23H21ClN2O6S3. The van der Waals surface area contributed by atoms with E-state index < -0.39 is 25.9 Å². The molecule has 0 unspecified atom stereocenters. The number of non-ortho nitro benzene ring substituents is 1. The van der Waals surface area contributed by atoms with Crippen molar-refractivity contribution >= 4 is 56.0 Å². The lowest BCUT2D eigenvalue weighted by Gasteiger charge is -2.09. The van der Waals surface area contributed by atoms with Crippen LogP contribution in [0.25, 0.3) is 0 Å². The number of hydrogen-bond donors (Lipinski definition) is 0. The number of nitro benzene ring substituents is 1. The maximum Gasteiger partial charge on any atom is 0.318 e. The van der Waals surface area contributed by atoms with Gasteiger partial charge in [-0.25, -0.2) is 4.98 Å². The first kappa shape index (κ1) is 27.0. The van der Waals surface area contributed by atoms with Crippen molar-refractivity contribution in [1.29, 1.82) is 0 Å². The Morgan fingerprint density at radius 3 is 2.63 bits per heavy atom. The van der Waals surface area contributed by atoms with Crippen LogP contribution < -0.4 is 4.18 Å². The van der Waals surface area contributed by atoms with Crippen molar-refractivity contribution in [3.8, 4) is 5.88 Å². The fraction of sp³-hybridized carbons (Fsp3) is 0.217. The largest absolute Gasteiger partial charge is 0.361 e. The van der Waals surface area contributed by atoms with Gasteiger partial charge < -0.3 is 4.18 Å². The smallest absolute Gasteiger partial charge is 0.318 e. The van der Waals surface area contributed by atoms with E-state index in [0.717, 1.165) is 23.5 Å². The zero-order valence-corrected chi connectivity index (χ0v) is 21.8. The maximum absolute atomic E-state index is 12.4. The molecule has 0 aliphatic heterocycles. The van der Waals surface area contributed by atoms with E-state index in [4.69, 9.17) is 15.8 Å². The molecule has 0 N–H and O–H groups in total. The number of halogens is 1. The van der Waals surface area contributed by atoms with Gasteiger partial charge in [-0.05, 0) is 42.7 Å². The number of hydrogen-bond acceptors (Lipinski definition) is 9. The lowest BCUT2D eigenvalue weighted by Crippen LogP contribution is -2.19. The van der Waals surface area contributed by atoms with E-state index in [2.05, 4.69) is 17.1 Å².